The van der Waals surface area contributed by atoms with Crippen molar-refractivity contribution in [1.29, 1.82) is 0 Å². The quantitative estimate of drug-likeness (QED) is 0.0970. The van der Waals surface area contributed by atoms with Crippen LogP contribution in [-0.2, 0) is 20.9 Å². The number of hydrazone groups is 1. The summed E-state index contributed by atoms with van der Waals surface area (Å²) in [4.78, 5) is 37.3. The van der Waals surface area contributed by atoms with E-state index < -0.39 is 23.9 Å². The van der Waals surface area contributed by atoms with Gasteiger partial charge in [0, 0.05) is 5.70 Å². The van der Waals surface area contributed by atoms with E-state index >= 15 is 0 Å². The number of nitrogens with zero attached hydrogens (tertiary/aromatic N) is 1. The maximum absolute atomic E-state index is 12.6. The lowest BCUT2D eigenvalue weighted by molar-refractivity contribution is -0.139. The Kier molecular flexibility index (Phi) is 11.8. The third-order valence-electron chi connectivity index (χ3n) is 6.76. The first-order valence-electron chi connectivity index (χ1n) is 14.3. The van der Waals surface area contributed by atoms with Crippen molar-refractivity contribution in [2.24, 2.45) is 5.10 Å². The molecule has 46 heavy (non-hydrogen) atoms. The summed E-state index contributed by atoms with van der Waals surface area (Å²) in [5.41, 5.74) is 6.56. The summed E-state index contributed by atoms with van der Waals surface area (Å²) < 4.78 is 28.7. The highest BCUT2D eigenvalue weighted by Crippen LogP contribution is 2.35. The number of hydrogen-bond donors (Lipinski definition) is 3. The maximum Gasteiger partial charge on any atom is 0.338 e. The molecule has 3 aromatic carbocycles. The summed E-state index contributed by atoms with van der Waals surface area (Å²) in [6.07, 6.45) is 1.49. The third-order valence-corrected chi connectivity index (χ3v) is 7.57. The van der Waals surface area contributed by atoms with Gasteiger partial charge in [-0.2, -0.15) is 5.10 Å². The van der Waals surface area contributed by atoms with Crippen molar-refractivity contribution >= 4 is 46.7 Å². The summed E-state index contributed by atoms with van der Waals surface area (Å²) in [6, 6.07) is 15.4. The van der Waals surface area contributed by atoms with Gasteiger partial charge in [-0.3, -0.25) is 4.79 Å². The second kappa shape index (κ2) is 16.0. The lowest BCUT2D eigenvalue weighted by Crippen LogP contribution is -2.45. The minimum absolute atomic E-state index is 0.183. The minimum atomic E-state index is -0.774. The fraction of sp³-hybridized carbons (Fsp3) is 0.273. The molecule has 0 aromatic heterocycles. The first-order chi connectivity index (χ1) is 22.1. The van der Waals surface area contributed by atoms with Gasteiger partial charge in [-0.1, -0.05) is 35.9 Å². The van der Waals surface area contributed by atoms with Crippen LogP contribution in [-0.4, -0.2) is 51.6 Å². The van der Waals surface area contributed by atoms with Crippen LogP contribution in [0.15, 0.2) is 71.0 Å². The van der Waals surface area contributed by atoms with Crippen molar-refractivity contribution in [3.63, 3.8) is 0 Å². The van der Waals surface area contributed by atoms with Crippen LogP contribution >= 0.6 is 22.6 Å². The number of methoxy groups -OCH3 is 2. The van der Waals surface area contributed by atoms with Crippen molar-refractivity contribution in [3.8, 4) is 23.0 Å². The number of hydrogen-bond acceptors (Lipinski definition) is 9. The molecular weight excluding hydrogens is 707 g/mol. The zero-order valence-corrected chi connectivity index (χ0v) is 28.2. The van der Waals surface area contributed by atoms with Crippen LogP contribution in [0.2, 0.25) is 0 Å². The Balaban J connectivity index is 1.37. The summed E-state index contributed by atoms with van der Waals surface area (Å²) in [7, 11) is 3.00. The third kappa shape index (κ3) is 8.68. The topological polar surface area (TPSA) is 146 Å². The van der Waals surface area contributed by atoms with Crippen LogP contribution in [0.25, 0.3) is 0 Å². The monoisotopic (exact) mass is 742 g/mol. The number of aryl methyl sites for hydroxylation is 1. The van der Waals surface area contributed by atoms with E-state index in [0.717, 1.165) is 14.7 Å². The van der Waals surface area contributed by atoms with Crippen molar-refractivity contribution in [2.75, 3.05) is 27.4 Å². The molecule has 3 amide bonds. The zero-order valence-electron chi connectivity index (χ0n) is 26.1. The van der Waals surface area contributed by atoms with E-state index in [4.69, 9.17) is 23.7 Å². The summed E-state index contributed by atoms with van der Waals surface area (Å²) in [5, 5.41) is 9.38. The van der Waals surface area contributed by atoms with E-state index in [2.05, 4.69) is 49.8 Å². The smallest absolute Gasteiger partial charge is 0.338 e. The highest BCUT2D eigenvalue weighted by atomic mass is 127. The number of rotatable bonds is 13. The van der Waals surface area contributed by atoms with E-state index in [1.165, 1.54) is 13.3 Å². The van der Waals surface area contributed by atoms with Crippen molar-refractivity contribution in [2.45, 2.75) is 33.4 Å². The molecule has 242 valence electrons. The Labute approximate surface area is 280 Å². The van der Waals surface area contributed by atoms with Crippen LogP contribution in [0, 0.1) is 10.5 Å². The standard InChI is InChI=1S/C33H35IN4O8/c1-6-44-32(40)29-20(3)36-33(41)37-30(29)23-10-11-25(26(15-23)42-4)45-18-28(39)38-35-16-22-13-24(34)31(27(14-22)43-5)46-17-21-9-7-8-19(2)12-21/h7-16,30H,6,17-18H2,1-5H3,(H,38,39)(H2,36,37,41)/b35-16-/t30-/m0/s1. The molecule has 0 saturated carbocycles. The van der Waals surface area contributed by atoms with Gasteiger partial charge >= 0.3 is 12.0 Å². The number of nitrogens with one attached hydrogen (secondary N) is 3. The second-order valence-corrected chi connectivity index (χ2v) is 11.3. The molecule has 0 fully saturated rings. The average molecular weight is 743 g/mol. The van der Waals surface area contributed by atoms with Crippen LogP contribution in [0.3, 0.4) is 0 Å². The zero-order chi connectivity index (χ0) is 33.2. The van der Waals surface area contributed by atoms with Crippen LogP contribution < -0.4 is 35.0 Å². The highest BCUT2D eigenvalue weighted by Gasteiger charge is 2.32. The maximum atomic E-state index is 12.6. The molecule has 0 radical (unpaired) electrons. The molecule has 3 aromatic rings. The van der Waals surface area contributed by atoms with Gasteiger partial charge in [-0.05, 0) is 84.3 Å². The van der Waals surface area contributed by atoms with Crippen molar-refractivity contribution in [3.05, 3.63) is 91.7 Å². The van der Waals surface area contributed by atoms with Gasteiger partial charge in [0.05, 0.1) is 42.2 Å². The molecule has 0 spiro atoms. The van der Waals surface area contributed by atoms with Gasteiger partial charge in [-0.15, -0.1) is 0 Å². The Morgan fingerprint density at radius 3 is 2.50 bits per heavy atom. The minimum Gasteiger partial charge on any atom is -0.493 e. The van der Waals surface area contributed by atoms with E-state index in [1.54, 1.807) is 45.2 Å². The number of ether oxygens (including phenoxy) is 5. The molecule has 1 aliphatic rings. The van der Waals surface area contributed by atoms with Crippen LogP contribution in [0.5, 0.6) is 23.0 Å². The number of esters is 1. The fourth-order valence-corrected chi connectivity index (χ4v) is 5.45. The molecule has 0 bridgehead atoms. The number of urea groups is 1. The van der Waals surface area contributed by atoms with Gasteiger partial charge in [-0.25, -0.2) is 15.0 Å². The van der Waals surface area contributed by atoms with Crippen molar-refractivity contribution < 1.29 is 38.1 Å². The number of amides is 3. The molecule has 13 heteroatoms. The highest BCUT2D eigenvalue weighted by molar-refractivity contribution is 14.1. The SMILES string of the molecule is CCOC(=O)C1=C(C)NC(=O)N[C@H]1c1ccc(OCC(=O)N/N=C\c2cc(I)c(OCc3cccc(C)c3)c(OC)c2)c(OC)c1. The lowest BCUT2D eigenvalue weighted by atomic mass is 9.95. The fourth-order valence-electron chi connectivity index (χ4n) is 4.67. The molecule has 4 rings (SSSR count). The molecule has 0 aliphatic carbocycles. The van der Waals surface area contributed by atoms with Crippen LogP contribution in [0.4, 0.5) is 4.79 Å². The molecule has 1 atom stereocenters. The number of allylic oxidation sites excluding steroid dienone is 1. The van der Waals surface area contributed by atoms with Gasteiger partial charge in [0.1, 0.15) is 6.61 Å². The largest absolute Gasteiger partial charge is 0.493 e. The number of carbonyl (C=O) groups is 3. The Bertz CT molecular complexity index is 1670. The molecular formula is C33H35IN4O8. The number of carbonyl (C=O) groups excluding carboxylic acids is 3. The van der Waals surface area contributed by atoms with Gasteiger partial charge in [0.15, 0.2) is 29.6 Å². The van der Waals surface area contributed by atoms with E-state index in [9.17, 15) is 14.4 Å². The first-order valence-corrected chi connectivity index (χ1v) is 15.3. The first kappa shape index (κ1) is 34.1. The molecule has 1 aliphatic heterocycles. The van der Waals surface area contributed by atoms with Gasteiger partial charge in [0.2, 0.25) is 0 Å². The predicted molar refractivity (Wildman–Crippen MR) is 179 cm³/mol. The Hall–Kier alpha value is -4.79. The normalized spacial score (nSPS) is 14.3. The second-order valence-electron chi connectivity index (χ2n) is 10.1. The Morgan fingerprint density at radius 1 is 1.00 bits per heavy atom. The van der Waals surface area contributed by atoms with Gasteiger partial charge < -0.3 is 34.3 Å². The molecule has 0 unspecified atom stereocenters. The lowest BCUT2D eigenvalue weighted by Gasteiger charge is -2.28. The number of benzene rings is 3. The van der Waals surface area contributed by atoms with Crippen molar-refractivity contribution in [1.82, 2.24) is 16.1 Å². The molecule has 12 nitrogen and oxygen atoms in total. The Morgan fingerprint density at radius 2 is 1.78 bits per heavy atom. The molecule has 1 heterocycles. The summed E-state index contributed by atoms with van der Waals surface area (Å²) in [6.45, 7) is 5.59. The van der Waals surface area contributed by atoms with E-state index in [0.29, 0.717) is 40.7 Å². The van der Waals surface area contributed by atoms with Gasteiger partial charge in [0.25, 0.3) is 5.91 Å². The predicted octanol–water partition coefficient (Wildman–Crippen LogP) is 4.92. The molecule has 3 N–H and O–H groups in total. The summed E-state index contributed by atoms with van der Waals surface area (Å²) in [5.74, 6) is 0.680. The molecule has 0 saturated heterocycles. The average Bonchev–Trinajstić information content (AvgIpc) is 3.02. The van der Waals surface area contributed by atoms with E-state index in [-0.39, 0.29) is 24.5 Å². The summed E-state index contributed by atoms with van der Waals surface area (Å²) >= 11 is 2.17. The van der Waals surface area contributed by atoms with E-state index in [1.807, 2.05) is 31.2 Å². The van der Waals surface area contributed by atoms with Crippen LogP contribution in [0.1, 0.15) is 42.1 Å². The number of halogens is 1.